The minimum Gasteiger partial charge on any atom is -0.504 e. The predicted molar refractivity (Wildman–Crippen MR) is 243 cm³/mol. The van der Waals surface area contributed by atoms with Crippen LogP contribution >= 0.6 is 62.2 Å². The molecular formula is C42H47BrN4O7S4. The maximum Gasteiger partial charge on any atom is 0.206 e. The Hall–Kier alpha value is -4.35. The van der Waals surface area contributed by atoms with Crippen molar-refractivity contribution < 1.29 is 35.4 Å². The van der Waals surface area contributed by atoms with Crippen molar-refractivity contribution in [1.82, 2.24) is 4.68 Å². The zero-order valence-corrected chi connectivity index (χ0v) is 36.6. The molecule has 0 bridgehead atoms. The molecule has 2 aliphatic rings. The summed E-state index contributed by atoms with van der Waals surface area (Å²) >= 11 is 13.1. The van der Waals surface area contributed by atoms with Gasteiger partial charge in [0.15, 0.2) is 28.8 Å². The van der Waals surface area contributed by atoms with Crippen LogP contribution in [0.5, 0.6) is 34.5 Å². The average molecular weight is 928 g/mol. The van der Waals surface area contributed by atoms with Crippen molar-refractivity contribution in [1.29, 1.82) is 0 Å². The van der Waals surface area contributed by atoms with Crippen LogP contribution in [0.25, 0.3) is 10.6 Å². The van der Waals surface area contributed by atoms with Crippen molar-refractivity contribution >= 4 is 85.2 Å². The molecule has 16 heteroatoms. The van der Waals surface area contributed by atoms with Gasteiger partial charge in [-0.3, -0.25) is 14.8 Å². The smallest absolute Gasteiger partial charge is 0.206 e. The van der Waals surface area contributed by atoms with E-state index >= 15 is 0 Å². The summed E-state index contributed by atoms with van der Waals surface area (Å²) in [6, 6.07) is 13.7. The number of phenols is 6. The molecule has 2 fully saturated rings. The van der Waals surface area contributed by atoms with E-state index in [4.69, 9.17) is 17.2 Å². The second-order valence-corrected chi connectivity index (χ2v) is 17.7. The number of aromatic nitrogens is 1. The molecule has 5 aromatic rings. The molecular weight excluding hydrogens is 881 g/mol. The number of aliphatic imine (C=N–C) groups is 1. The third-order valence-electron chi connectivity index (χ3n) is 9.62. The molecule has 0 saturated heterocycles. The molecule has 2 saturated carbocycles. The van der Waals surface area contributed by atoms with Crippen LogP contribution in [0.1, 0.15) is 91.4 Å². The van der Waals surface area contributed by atoms with E-state index in [-0.39, 0.29) is 23.0 Å². The molecule has 11 nitrogen and oxygen atoms in total. The van der Waals surface area contributed by atoms with Gasteiger partial charge in [-0.1, -0.05) is 91.6 Å². The number of carbonyl (C=O) groups is 1. The number of alkyl halides is 1. The van der Waals surface area contributed by atoms with Crippen LogP contribution in [0.15, 0.2) is 79.8 Å². The molecule has 3 aromatic heterocycles. The lowest BCUT2D eigenvalue weighted by atomic mass is 9.86. The average Bonchev–Trinajstić information content (AvgIpc) is 4.05. The zero-order valence-electron chi connectivity index (χ0n) is 31.7. The Morgan fingerprint density at radius 1 is 0.759 bits per heavy atom. The molecule has 308 valence electrons. The van der Waals surface area contributed by atoms with Crippen LogP contribution < -0.4 is 4.80 Å². The maximum atomic E-state index is 10.8. The summed E-state index contributed by atoms with van der Waals surface area (Å²) in [5.41, 5.74) is 1.62. The summed E-state index contributed by atoms with van der Waals surface area (Å²) < 4.78 is 1.79. The predicted octanol–water partition coefficient (Wildman–Crippen LogP) is 10.4. The number of carbonyl (C=O) groups excluding carboxylic acids is 1. The minimum atomic E-state index is -0.551. The van der Waals surface area contributed by atoms with E-state index < -0.39 is 17.2 Å². The molecule has 0 unspecified atom stereocenters. The van der Waals surface area contributed by atoms with E-state index in [1.54, 1.807) is 27.3 Å². The summed E-state index contributed by atoms with van der Waals surface area (Å²) in [7, 11) is 0. The first kappa shape index (κ1) is 44.7. The first-order valence-corrected chi connectivity index (χ1v) is 23.2. The maximum absolute atomic E-state index is 10.8. The van der Waals surface area contributed by atoms with E-state index in [1.807, 2.05) is 40.4 Å². The van der Waals surface area contributed by atoms with Crippen LogP contribution in [0.2, 0.25) is 0 Å². The first-order valence-electron chi connectivity index (χ1n) is 19.0. The number of rotatable bonds is 11. The number of benzene rings is 2. The van der Waals surface area contributed by atoms with E-state index in [0.717, 1.165) is 44.4 Å². The Morgan fingerprint density at radius 3 is 1.95 bits per heavy atom. The second kappa shape index (κ2) is 22.7. The third kappa shape index (κ3) is 12.8. The summed E-state index contributed by atoms with van der Waals surface area (Å²) in [6.07, 6.45) is 16.2. The molecule has 2 aromatic carbocycles. The quantitative estimate of drug-likeness (QED) is 0.0249. The molecule has 0 amide bonds. The number of Topliss-reactive ketones (excluding diaryl/α,β-unsaturated/α-hetero) is 1. The Kier molecular flexibility index (Phi) is 17.5. The molecule has 0 radical (unpaired) electrons. The Balaban J connectivity index is 0.000000187. The van der Waals surface area contributed by atoms with Gasteiger partial charge < -0.3 is 30.6 Å². The van der Waals surface area contributed by atoms with E-state index in [1.165, 1.54) is 99.4 Å². The summed E-state index contributed by atoms with van der Waals surface area (Å²) in [6.45, 7) is 0.451. The number of hydrogen-bond donors (Lipinski definition) is 6. The normalized spacial score (nSPS) is 15.2. The van der Waals surface area contributed by atoms with Crippen molar-refractivity contribution in [2.45, 2.75) is 76.7 Å². The molecule has 7 rings (SSSR count). The van der Waals surface area contributed by atoms with Crippen molar-refractivity contribution in [3.8, 4) is 45.1 Å². The fourth-order valence-corrected chi connectivity index (χ4v) is 9.65. The second-order valence-electron chi connectivity index (χ2n) is 13.9. The highest BCUT2D eigenvalue weighted by molar-refractivity contribution is 9.09. The van der Waals surface area contributed by atoms with Gasteiger partial charge in [0, 0.05) is 27.6 Å². The molecule has 6 N–H and O–H groups in total. The van der Waals surface area contributed by atoms with E-state index in [9.17, 15) is 35.4 Å². The van der Waals surface area contributed by atoms with Gasteiger partial charge in [0.05, 0.1) is 39.6 Å². The van der Waals surface area contributed by atoms with Crippen molar-refractivity contribution in [3.63, 3.8) is 0 Å². The summed E-state index contributed by atoms with van der Waals surface area (Å²) in [4.78, 5) is 23.6. The first-order chi connectivity index (χ1) is 28.0. The van der Waals surface area contributed by atoms with Gasteiger partial charge in [-0.05, 0) is 72.3 Å². The SMILES string of the molecule is O=C(CBr)c1cccs1.Oc1ccc(/C=N/n2c(-c3cccs3)csc2=NC2CCCCC2)c(O)c1O.Oc1ccc(C=NCC(=S)CC2CCCCC2)c(O)c1O. The standard InChI is InChI=1S/C20H21N3O3S2.C16H21NO3S.C6H5BrOS/c24-16-9-8-13(18(25)19(16)26)11-21-23-15(17-7-4-10-27-17)12-28-20(23)22-14-5-2-1-3-6-14;18-14-7-6-12(15(19)16(14)20)9-17-10-13(21)8-11-4-2-1-3-5-11;7-4-5(8)6-2-1-3-9-6/h4,7-12,14,24-26H,1-3,5-6H2;6-7,9,11,18-20H,1-5,8,10H2;1-3H,4H2/b21-11+,22-20?;;. The highest BCUT2D eigenvalue weighted by Crippen LogP contribution is 2.37. The number of ketones is 1. The number of thiazole rings is 1. The highest BCUT2D eigenvalue weighted by Gasteiger charge is 2.17. The van der Waals surface area contributed by atoms with Gasteiger partial charge in [0.2, 0.25) is 16.3 Å². The molecule has 0 aliphatic heterocycles. The van der Waals surface area contributed by atoms with Crippen LogP contribution in [0.4, 0.5) is 0 Å². The fraction of sp³-hybridized carbons (Fsp3) is 0.357. The lowest BCUT2D eigenvalue weighted by Crippen LogP contribution is -2.18. The number of aromatic hydroxyl groups is 6. The lowest BCUT2D eigenvalue weighted by Gasteiger charge is -2.21. The van der Waals surface area contributed by atoms with Gasteiger partial charge in [-0.2, -0.15) is 5.10 Å². The number of thiophene rings is 2. The van der Waals surface area contributed by atoms with Crippen molar-refractivity contribution in [2.24, 2.45) is 21.0 Å². The summed E-state index contributed by atoms with van der Waals surface area (Å²) in [5, 5.41) is 68.6. The van der Waals surface area contributed by atoms with Gasteiger partial charge in [0.25, 0.3) is 0 Å². The highest BCUT2D eigenvalue weighted by atomic mass is 79.9. The van der Waals surface area contributed by atoms with Gasteiger partial charge in [-0.15, -0.1) is 34.0 Å². The topological polar surface area (TPSA) is 180 Å². The fourth-order valence-electron chi connectivity index (χ4n) is 6.49. The lowest BCUT2D eigenvalue weighted by molar-refractivity contribution is 0.102. The molecule has 2 aliphatic carbocycles. The van der Waals surface area contributed by atoms with Gasteiger partial charge in [0.1, 0.15) is 0 Å². The zero-order chi connectivity index (χ0) is 41.4. The largest absolute Gasteiger partial charge is 0.504 e. The third-order valence-corrected chi connectivity index (χ3v) is 13.1. The number of nitrogens with zero attached hydrogens (tertiary/aromatic N) is 4. The van der Waals surface area contributed by atoms with Crippen LogP contribution in [-0.4, -0.2) is 76.3 Å². The van der Waals surface area contributed by atoms with Gasteiger partial charge in [-0.25, -0.2) is 4.68 Å². The van der Waals surface area contributed by atoms with Crippen molar-refractivity contribution in [3.05, 3.63) is 85.5 Å². The summed E-state index contributed by atoms with van der Waals surface area (Å²) in [5.74, 6) is -1.70. The number of phenolic OH excluding ortho intramolecular Hbond substituents is 6. The Morgan fingerprint density at radius 2 is 1.36 bits per heavy atom. The van der Waals surface area contributed by atoms with Gasteiger partial charge >= 0.3 is 0 Å². The van der Waals surface area contributed by atoms with E-state index in [2.05, 4.69) is 26.0 Å². The molecule has 0 atom stereocenters. The van der Waals surface area contributed by atoms with E-state index in [0.29, 0.717) is 35.0 Å². The molecule has 0 spiro atoms. The Bertz CT molecular complexity index is 2220. The number of hydrogen-bond acceptors (Lipinski definition) is 14. The monoisotopic (exact) mass is 926 g/mol. The minimum absolute atomic E-state index is 0.157. The van der Waals surface area contributed by atoms with Crippen molar-refractivity contribution in [2.75, 3.05) is 11.9 Å². The molecule has 3 heterocycles. The Labute approximate surface area is 363 Å². The van der Waals surface area contributed by atoms with Crippen LogP contribution in [0, 0.1) is 5.92 Å². The number of thiocarbonyl (C=S) groups is 1. The molecule has 58 heavy (non-hydrogen) atoms. The van der Waals surface area contributed by atoms with Crippen LogP contribution in [0.3, 0.4) is 0 Å². The van der Waals surface area contributed by atoms with Crippen LogP contribution in [-0.2, 0) is 0 Å². The number of halogens is 1.